The van der Waals surface area contributed by atoms with Crippen LogP contribution < -0.4 is 9.47 Å². The number of rotatable bonds is 7. The molecule has 0 heterocycles. The number of nitriles is 1. The van der Waals surface area contributed by atoms with E-state index in [-0.39, 0.29) is 9.79 Å². The first-order valence-electron chi connectivity index (χ1n) is 8.25. The van der Waals surface area contributed by atoms with E-state index < -0.39 is 9.84 Å². The van der Waals surface area contributed by atoms with Gasteiger partial charge in [-0.2, -0.15) is 5.26 Å². The first-order valence-corrected chi connectivity index (χ1v) is 9.74. The van der Waals surface area contributed by atoms with Crippen LogP contribution in [0.25, 0.3) is 0 Å². The van der Waals surface area contributed by atoms with Gasteiger partial charge in [-0.3, -0.25) is 0 Å². The Morgan fingerprint density at radius 2 is 1.19 bits per heavy atom. The summed E-state index contributed by atoms with van der Waals surface area (Å²) in [5.74, 6) is 1.22. The van der Waals surface area contributed by atoms with Crippen LogP contribution in [-0.4, -0.2) is 21.6 Å². The molecule has 3 aromatic rings. The summed E-state index contributed by atoms with van der Waals surface area (Å²) in [5, 5.41) is 8.75. The second-order valence-electron chi connectivity index (χ2n) is 5.62. The highest BCUT2D eigenvalue weighted by molar-refractivity contribution is 7.91. The van der Waals surface area contributed by atoms with Crippen molar-refractivity contribution in [3.05, 3.63) is 84.4 Å². The lowest BCUT2D eigenvalue weighted by molar-refractivity contribution is 0.217. The van der Waals surface area contributed by atoms with Crippen LogP contribution in [0.3, 0.4) is 0 Å². The van der Waals surface area contributed by atoms with E-state index >= 15 is 0 Å². The van der Waals surface area contributed by atoms with Gasteiger partial charge in [-0.15, -0.1) is 0 Å². The fraction of sp³-hybridized carbons (Fsp3) is 0.0952. The molecule has 0 aliphatic rings. The van der Waals surface area contributed by atoms with E-state index in [1.165, 1.54) is 12.1 Å². The summed E-state index contributed by atoms with van der Waals surface area (Å²) in [5.41, 5.74) is 0.573. The average Bonchev–Trinajstić information content (AvgIpc) is 2.72. The molecule has 27 heavy (non-hydrogen) atoms. The highest BCUT2D eigenvalue weighted by atomic mass is 32.2. The molecule has 0 bridgehead atoms. The average molecular weight is 379 g/mol. The van der Waals surface area contributed by atoms with Gasteiger partial charge in [-0.05, 0) is 60.7 Å². The summed E-state index contributed by atoms with van der Waals surface area (Å²) in [6, 6.07) is 23.5. The highest BCUT2D eigenvalue weighted by Gasteiger charge is 2.16. The zero-order valence-corrected chi connectivity index (χ0v) is 15.2. The summed E-state index contributed by atoms with van der Waals surface area (Å²) in [6.07, 6.45) is 0. The van der Waals surface area contributed by atoms with Gasteiger partial charge in [0.25, 0.3) is 0 Å². The molecule has 0 atom stereocenters. The molecule has 0 saturated heterocycles. The molecule has 0 aliphatic carbocycles. The minimum atomic E-state index is -3.53. The maximum absolute atomic E-state index is 12.5. The molecule has 0 saturated carbocycles. The third-order valence-corrected chi connectivity index (χ3v) is 5.58. The topological polar surface area (TPSA) is 76.4 Å². The standard InChI is InChI=1S/C21H17NO4S/c22-16-17-6-8-18(9-7-17)25-14-15-26-19-10-12-21(13-11-19)27(23,24)20-4-2-1-3-5-20/h1-13H,14-15H2. The van der Waals surface area contributed by atoms with E-state index in [1.807, 2.05) is 6.07 Å². The number of ether oxygens (including phenoxy) is 2. The maximum Gasteiger partial charge on any atom is 0.206 e. The maximum atomic E-state index is 12.5. The third kappa shape index (κ3) is 4.66. The quantitative estimate of drug-likeness (QED) is 0.583. The lowest BCUT2D eigenvalue weighted by Gasteiger charge is -2.09. The molecule has 0 amide bonds. The molecule has 6 heteroatoms. The van der Waals surface area contributed by atoms with E-state index in [1.54, 1.807) is 66.7 Å². The molecule has 136 valence electrons. The Labute approximate surface area is 158 Å². The van der Waals surface area contributed by atoms with E-state index in [4.69, 9.17) is 14.7 Å². The van der Waals surface area contributed by atoms with Crippen molar-refractivity contribution in [3.8, 4) is 17.6 Å². The molecule has 0 aliphatic heterocycles. The minimum absolute atomic E-state index is 0.217. The van der Waals surface area contributed by atoms with Gasteiger partial charge in [0.15, 0.2) is 0 Å². The summed E-state index contributed by atoms with van der Waals surface area (Å²) in [6.45, 7) is 0.640. The van der Waals surface area contributed by atoms with Crippen molar-refractivity contribution in [2.75, 3.05) is 13.2 Å². The van der Waals surface area contributed by atoms with Crippen LogP contribution in [0.2, 0.25) is 0 Å². The van der Waals surface area contributed by atoms with Gasteiger partial charge in [0.05, 0.1) is 21.4 Å². The number of benzene rings is 3. The summed E-state index contributed by atoms with van der Waals surface area (Å²) in [7, 11) is -3.53. The monoisotopic (exact) mass is 379 g/mol. The Kier molecular flexibility index (Phi) is 5.74. The Balaban J connectivity index is 1.54. The van der Waals surface area contributed by atoms with Crippen molar-refractivity contribution >= 4 is 9.84 Å². The normalized spacial score (nSPS) is 10.8. The van der Waals surface area contributed by atoms with Crippen LogP contribution in [-0.2, 0) is 9.84 Å². The van der Waals surface area contributed by atoms with Crippen LogP contribution in [0.4, 0.5) is 0 Å². The molecular weight excluding hydrogens is 362 g/mol. The second-order valence-corrected chi connectivity index (χ2v) is 7.57. The number of sulfone groups is 1. The Morgan fingerprint density at radius 1 is 0.704 bits per heavy atom. The molecule has 3 rings (SSSR count). The van der Waals surface area contributed by atoms with Crippen LogP contribution in [0.1, 0.15) is 5.56 Å². The van der Waals surface area contributed by atoms with E-state index in [0.717, 1.165) is 0 Å². The summed E-state index contributed by atoms with van der Waals surface area (Å²) < 4.78 is 36.2. The largest absolute Gasteiger partial charge is 0.490 e. The molecule has 0 aromatic heterocycles. The van der Waals surface area contributed by atoms with Crippen molar-refractivity contribution in [2.24, 2.45) is 0 Å². The van der Waals surface area contributed by atoms with Crippen LogP contribution in [0, 0.1) is 11.3 Å². The van der Waals surface area contributed by atoms with Crippen molar-refractivity contribution in [1.82, 2.24) is 0 Å². The van der Waals surface area contributed by atoms with Crippen molar-refractivity contribution < 1.29 is 17.9 Å². The zero-order chi connectivity index (χ0) is 19.1. The summed E-state index contributed by atoms with van der Waals surface area (Å²) in [4.78, 5) is 0.476. The van der Waals surface area contributed by atoms with Gasteiger partial charge in [-0.1, -0.05) is 18.2 Å². The molecule has 5 nitrogen and oxygen atoms in total. The minimum Gasteiger partial charge on any atom is -0.490 e. The SMILES string of the molecule is N#Cc1ccc(OCCOc2ccc(S(=O)(=O)c3ccccc3)cc2)cc1. The first-order chi connectivity index (χ1) is 13.1. The van der Waals surface area contributed by atoms with Crippen LogP contribution in [0.5, 0.6) is 11.5 Å². The molecule has 0 fully saturated rings. The Hall–Kier alpha value is -3.30. The van der Waals surface area contributed by atoms with Gasteiger partial charge in [0, 0.05) is 0 Å². The predicted octanol–water partition coefficient (Wildman–Crippen LogP) is 3.85. The Bertz CT molecular complexity index is 1020. The van der Waals surface area contributed by atoms with Crippen molar-refractivity contribution in [1.29, 1.82) is 5.26 Å². The molecule has 0 unspecified atom stereocenters. The number of hydrogen-bond donors (Lipinski definition) is 0. The number of nitrogens with zero attached hydrogens (tertiary/aromatic N) is 1. The lowest BCUT2D eigenvalue weighted by Crippen LogP contribution is -2.09. The first kappa shape index (κ1) is 18.5. The van der Waals surface area contributed by atoms with Crippen LogP contribution in [0.15, 0.2) is 88.7 Å². The zero-order valence-electron chi connectivity index (χ0n) is 14.4. The van der Waals surface area contributed by atoms with Crippen LogP contribution >= 0.6 is 0 Å². The van der Waals surface area contributed by atoms with E-state index in [2.05, 4.69) is 0 Å². The number of hydrogen-bond acceptors (Lipinski definition) is 5. The molecule has 3 aromatic carbocycles. The van der Waals surface area contributed by atoms with Gasteiger partial charge < -0.3 is 9.47 Å². The van der Waals surface area contributed by atoms with E-state index in [0.29, 0.717) is 30.3 Å². The Morgan fingerprint density at radius 3 is 1.70 bits per heavy atom. The van der Waals surface area contributed by atoms with Crippen molar-refractivity contribution in [2.45, 2.75) is 9.79 Å². The molecule has 0 radical (unpaired) electrons. The van der Waals surface area contributed by atoms with Crippen molar-refractivity contribution in [3.63, 3.8) is 0 Å². The van der Waals surface area contributed by atoms with Gasteiger partial charge in [-0.25, -0.2) is 8.42 Å². The highest BCUT2D eigenvalue weighted by Crippen LogP contribution is 2.22. The smallest absolute Gasteiger partial charge is 0.206 e. The lowest BCUT2D eigenvalue weighted by atomic mass is 10.2. The van der Waals surface area contributed by atoms with Gasteiger partial charge in [0.1, 0.15) is 24.7 Å². The fourth-order valence-corrected chi connectivity index (χ4v) is 3.68. The molecular formula is C21H17NO4S. The molecule has 0 N–H and O–H groups in total. The third-order valence-electron chi connectivity index (χ3n) is 3.79. The molecule has 0 spiro atoms. The predicted molar refractivity (Wildman–Crippen MR) is 100 cm³/mol. The van der Waals surface area contributed by atoms with Gasteiger partial charge >= 0.3 is 0 Å². The second kappa shape index (κ2) is 8.39. The van der Waals surface area contributed by atoms with Gasteiger partial charge in [0.2, 0.25) is 9.84 Å². The fourth-order valence-electron chi connectivity index (χ4n) is 2.40. The summed E-state index contributed by atoms with van der Waals surface area (Å²) >= 11 is 0. The van der Waals surface area contributed by atoms with E-state index in [9.17, 15) is 8.42 Å².